The van der Waals surface area contributed by atoms with Crippen molar-refractivity contribution < 1.29 is 0 Å². The molecule has 0 aliphatic carbocycles. The average Bonchev–Trinajstić information content (AvgIpc) is 3.26. The van der Waals surface area contributed by atoms with Crippen molar-refractivity contribution in [3.8, 4) is 0 Å². The summed E-state index contributed by atoms with van der Waals surface area (Å²) >= 11 is 3.27. The molecule has 162 valence electrons. The normalized spacial score (nSPS) is 19.7. The zero-order valence-corrected chi connectivity index (χ0v) is 19.3. The summed E-state index contributed by atoms with van der Waals surface area (Å²) in [6.07, 6.45) is 2.04. The van der Waals surface area contributed by atoms with Gasteiger partial charge in [0, 0.05) is 32.4 Å². The smallest absolute Gasteiger partial charge is 0.329 e. The molecule has 0 bridgehead atoms. The number of hydrogen-bond acceptors (Lipinski definition) is 8. The molecular weight excluding hydrogens is 422 g/mol. The van der Waals surface area contributed by atoms with Crippen molar-refractivity contribution in [2.24, 2.45) is 18.9 Å². The Bertz CT molecular complexity index is 1150. The van der Waals surface area contributed by atoms with Crippen molar-refractivity contribution in [3.05, 3.63) is 25.8 Å². The Morgan fingerprint density at radius 1 is 1.20 bits per heavy atom. The first-order valence-corrected chi connectivity index (χ1v) is 12.0. The first-order chi connectivity index (χ1) is 14.3. The van der Waals surface area contributed by atoms with Crippen molar-refractivity contribution in [2.75, 3.05) is 23.7 Å². The number of hydrogen-bond donors (Lipinski definition) is 1. The van der Waals surface area contributed by atoms with Gasteiger partial charge in [-0.3, -0.25) is 14.3 Å². The van der Waals surface area contributed by atoms with Gasteiger partial charge in [-0.1, -0.05) is 36.9 Å². The van der Waals surface area contributed by atoms with Crippen LogP contribution in [0.15, 0.2) is 13.9 Å². The topological polar surface area (TPSA) is 102 Å². The molecule has 1 aliphatic heterocycles. The molecule has 4 heterocycles. The quantitative estimate of drug-likeness (QED) is 0.455. The molecule has 4 rings (SSSR count). The lowest BCUT2D eigenvalue weighted by atomic mass is 9.92. The summed E-state index contributed by atoms with van der Waals surface area (Å²) < 4.78 is 4.37. The maximum absolute atomic E-state index is 12.7. The molecule has 1 N–H and O–H groups in total. The van der Waals surface area contributed by atoms with Crippen LogP contribution in [-0.4, -0.2) is 48.1 Å². The zero-order chi connectivity index (χ0) is 21.4. The van der Waals surface area contributed by atoms with E-state index in [0.717, 1.165) is 40.6 Å². The van der Waals surface area contributed by atoms with Crippen LogP contribution < -0.4 is 16.1 Å². The monoisotopic (exact) mass is 449 g/mol. The molecule has 3 aromatic heterocycles. The summed E-state index contributed by atoms with van der Waals surface area (Å²) in [6.45, 7) is 8.90. The molecule has 0 radical (unpaired) electrons. The van der Waals surface area contributed by atoms with E-state index in [1.807, 2.05) is 11.5 Å². The van der Waals surface area contributed by atoms with Gasteiger partial charge in [0.1, 0.15) is 5.01 Å². The molecule has 0 aromatic carbocycles. The first kappa shape index (κ1) is 21.1. The number of piperidine rings is 1. The lowest BCUT2D eigenvalue weighted by Gasteiger charge is -2.35. The number of fused-ring (bicyclic) bond motifs is 1. The van der Waals surface area contributed by atoms with Gasteiger partial charge in [0.05, 0.1) is 0 Å². The molecule has 0 amide bonds. The molecule has 1 saturated heterocycles. The second-order valence-electron chi connectivity index (χ2n) is 8.19. The minimum absolute atomic E-state index is 0.377. The molecule has 0 saturated carbocycles. The van der Waals surface area contributed by atoms with Gasteiger partial charge >= 0.3 is 5.69 Å². The summed E-state index contributed by atoms with van der Waals surface area (Å²) in [7, 11) is 1.65. The SMILES string of the molecule is Cc1nnc(SCCCn2c(N3CC(C)CC(C)C3)nc3c2c(=O)[nH]c(=O)n3C)s1. The van der Waals surface area contributed by atoms with E-state index in [9.17, 15) is 9.59 Å². The number of aryl methyl sites for hydroxylation is 3. The number of imidazole rings is 1. The highest BCUT2D eigenvalue weighted by atomic mass is 32.2. The summed E-state index contributed by atoms with van der Waals surface area (Å²) in [6, 6.07) is 0. The third-order valence-electron chi connectivity index (χ3n) is 5.40. The van der Waals surface area contributed by atoms with Crippen LogP contribution in [0.1, 0.15) is 31.7 Å². The Morgan fingerprint density at radius 2 is 1.93 bits per heavy atom. The predicted molar refractivity (Wildman–Crippen MR) is 121 cm³/mol. The second kappa shape index (κ2) is 8.54. The molecule has 1 fully saturated rings. The molecule has 3 aromatic rings. The van der Waals surface area contributed by atoms with E-state index in [1.54, 1.807) is 30.1 Å². The van der Waals surface area contributed by atoms with Crippen LogP contribution >= 0.6 is 23.1 Å². The van der Waals surface area contributed by atoms with Crippen molar-refractivity contribution in [2.45, 2.75) is 44.5 Å². The van der Waals surface area contributed by atoms with E-state index in [0.29, 0.717) is 29.5 Å². The zero-order valence-electron chi connectivity index (χ0n) is 17.7. The molecule has 11 heteroatoms. The summed E-state index contributed by atoms with van der Waals surface area (Å²) in [4.78, 5) is 34.3. The van der Waals surface area contributed by atoms with E-state index in [2.05, 4.69) is 33.9 Å². The Morgan fingerprint density at radius 3 is 2.60 bits per heavy atom. The molecule has 30 heavy (non-hydrogen) atoms. The van der Waals surface area contributed by atoms with Crippen molar-refractivity contribution in [1.82, 2.24) is 29.3 Å². The molecule has 1 aliphatic rings. The van der Waals surface area contributed by atoms with Gasteiger partial charge in [-0.2, -0.15) is 4.98 Å². The maximum atomic E-state index is 12.7. The van der Waals surface area contributed by atoms with E-state index in [1.165, 1.54) is 11.0 Å². The fraction of sp³-hybridized carbons (Fsp3) is 0.632. The highest BCUT2D eigenvalue weighted by Crippen LogP contribution is 2.28. The van der Waals surface area contributed by atoms with E-state index >= 15 is 0 Å². The number of H-pyrrole nitrogens is 1. The Kier molecular flexibility index (Phi) is 6.01. The molecule has 9 nitrogen and oxygen atoms in total. The Labute approximate surface area is 182 Å². The first-order valence-electron chi connectivity index (χ1n) is 10.2. The van der Waals surface area contributed by atoms with Crippen molar-refractivity contribution in [3.63, 3.8) is 0 Å². The summed E-state index contributed by atoms with van der Waals surface area (Å²) in [5.41, 5.74) is 0.0930. The van der Waals surface area contributed by atoms with Gasteiger partial charge in [-0.15, -0.1) is 10.2 Å². The summed E-state index contributed by atoms with van der Waals surface area (Å²) in [5.74, 6) is 2.76. The maximum Gasteiger partial charge on any atom is 0.329 e. The van der Waals surface area contributed by atoms with E-state index in [4.69, 9.17) is 4.98 Å². The number of nitrogens with zero attached hydrogens (tertiary/aromatic N) is 6. The minimum atomic E-state index is -0.439. The highest BCUT2D eigenvalue weighted by Gasteiger charge is 2.27. The van der Waals surface area contributed by atoms with Gasteiger partial charge in [0.25, 0.3) is 5.56 Å². The Hall–Kier alpha value is -2.14. The highest BCUT2D eigenvalue weighted by molar-refractivity contribution is 8.01. The third-order valence-corrected chi connectivity index (χ3v) is 7.46. The van der Waals surface area contributed by atoms with E-state index in [-0.39, 0.29) is 5.56 Å². The molecule has 2 atom stereocenters. The number of anilines is 1. The Balaban J connectivity index is 1.65. The van der Waals surface area contributed by atoms with Gasteiger partial charge in [0.2, 0.25) is 5.95 Å². The fourth-order valence-electron chi connectivity index (χ4n) is 4.22. The number of rotatable bonds is 6. The van der Waals surface area contributed by atoms with Crippen LogP contribution in [0, 0.1) is 18.8 Å². The standard InChI is InChI=1S/C19H27N7O2S2/c1-11-8-12(2)10-25(9-11)17-20-15-14(16(27)21-18(28)24(15)4)26(17)6-5-7-29-19-23-22-13(3)30-19/h11-12H,5-10H2,1-4H3,(H,21,27,28). The van der Waals surface area contributed by atoms with Crippen LogP contribution in [0.2, 0.25) is 0 Å². The van der Waals surface area contributed by atoms with Crippen molar-refractivity contribution >= 4 is 40.2 Å². The lowest BCUT2D eigenvalue weighted by molar-refractivity contribution is 0.351. The van der Waals surface area contributed by atoms with Gasteiger partial charge in [0.15, 0.2) is 15.5 Å². The average molecular weight is 450 g/mol. The largest absolute Gasteiger partial charge is 0.342 e. The summed E-state index contributed by atoms with van der Waals surface area (Å²) in [5, 5.41) is 9.17. The van der Waals surface area contributed by atoms with E-state index < -0.39 is 5.69 Å². The number of aromatic amines is 1. The number of thioether (sulfide) groups is 1. The number of aromatic nitrogens is 6. The lowest BCUT2D eigenvalue weighted by Crippen LogP contribution is -2.40. The van der Waals surface area contributed by atoms with Crippen LogP contribution in [-0.2, 0) is 13.6 Å². The van der Waals surface area contributed by atoms with Crippen LogP contribution in [0.25, 0.3) is 11.2 Å². The molecule has 0 spiro atoms. The predicted octanol–water partition coefficient (Wildman–Crippen LogP) is 2.25. The van der Waals surface area contributed by atoms with Crippen LogP contribution in [0.3, 0.4) is 0 Å². The van der Waals surface area contributed by atoms with Gasteiger partial charge in [-0.25, -0.2) is 4.79 Å². The van der Waals surface area contributed by atoms with Gasteiger partial charge < -0.3 is 9.47 Å². The minimum Gasteiger partial charge on any atom is -0.342 e. The van der Waals surface area contributed by atoms with Gasteiger partial charge in [-0.05, 0) is 31.6 Å². The van der Waals surface area contributed by atoms with Crippen LogP contribution in [0.5, 0.6) is 0 Å². The second-order valence-corrected chi connectivity index (χ2v) is 10.7. The fourth-order valence-corrected chi connectivity index (χ4v) is 6.03. The molecule has 2 unspecified atom stereocenters. The third kappa shape index (κ3) is 4.18. The van der Waals surface area contributed by atoms with Crippen molar-refractivity contribution in [1.29, 1.82) is 0 Å². The molecular formula is C19H27N7O2S2. The number of nitrogens with one attached hydrogen (secondary N) is 1. The van der Waals surface area contributed by atoms with Crippen LogP contribution in [0.4, 0.5) is 5.95 Å².